The number of piperidine rings is 1. The van der Waals surface area contributed by atoms with Gasteiger partial charge in [0, 0.05) is 18.0 Å². The third-order valence-corrected chi connectivity index (χ3v) is 4.03. The minimum atomic E-state index is 0.345. The van der Waals surface area contributed by atoms with Gasteiger partial charge in [-0.2, -0.15) is 5.26 Å². The van der Waals surface area contributed by atoms with Crippen LogP contribution in [-0.2, 0) is 0 Å². The van der Waals surface area contributed by atoms with Gasteiger partial charge in [-0.3, -0.25) is 4.90 Å². The monoisotopic (exact) mass is 206 g/mol. The molecule has 2 nitrogen and oxygen atoms in total. The number of hydrogen-bond acceptors (Lipinski definition) is 2. The van der Waals surface area contributed by atoms with E-state index in [2.05, 4.69) is 24.8 Å². The average molecular weight is 206 g/mol. The zero-order chi connectivity index (χ0) is 10.8. The van der Waals surface area contributed by atoms with Crippen molar-refractivity contribution < 1.29 is 0 Å². The minimum absolute atomic E-state index is 0.345. The van der Waals surface area contributed by atoms with Crippen molar-refractivity contribution in [3.8, 4) is 6.07 Å². The quantitative estimate of drug-likeness (QED) is 0.710. The normalized spacial score (nSPS) is 35.7. The molecule has 0 aromatic heterocycles. The summed E-state index contributed by atoms with van der Waals surface area (Å²) in [5, 5.41) is 8.99. The van der Waals surface area contributed by atoms with Crippen LogP contribution < -0.4 is 0 Å². The second-order valence-electron chi connectivity index (χ2n) is 5.60. The van der Waals surface area contributed by atoms with E-state index >= 15 is 0 Å². The molecule has 2 heteroatoms. The molecular weight excluding hydrogens is 184 g/mol. The Labute approximate surface area is 93.3 Å². The van der Waals surface area contributed by atoms with Crippen molar-refractivity contribution in [1.82, 2.24) is 4.90 Å². The van der Waals surface area contributed by atoms with E-state index in [1.54, 1.807) is 0 Å². The van der Waals surface area contributed by atoms with Gasteiger partial charge >= 0.3 is 0 Å². The SMILES string of the molecule is CC(C)CCN1C2CCC1CC(C#N)C2. The van der Waals surface area contributed by atoms with Crippen LogP contribution in [-0.4, -0.2) is 23.5 Å². The summed E-state index contributed by atoms with van der Waals surface area (Å²) in [5.74, 6) is 1.15. The first-order valence-electron chi connectivity index (χ1n) is 6.36. The summed E-state index contributed by atoms with van der Waals surface area (Å²) in [6, 6.07) is 3.92. The highest BCUT2D eigenvalue weighted by atomic mass is 15.2. The van der Waals surface area contributed by atoms with Crippen molar-refractivity contribution in [3.05, 3.63) is 0 Å². The van der Waals surface area contributed by atoms with Crippen LogP contribution in [0.5, 0.6) is 0 Å². The molecule has 2 saturated heterocycles. The van der Waals surface area contributed by atoms with Crippen LogP contribution in [0.15, 0.2) is 0 Å². The van der Waals surface area contributed by atoms with Crippen molar-refractivity contribution in [2.45, 2.75) is 58.0 Å². The lowest BCUT2D eigenvalue weighted by molar-refractivity contribution is 0.114. The Bertz CT molecular complexity index is 240. The molecule has 2 aliphatic heterocycles. The zero-order valence-corrected chi connectivity index (χ0v) is 9.95. The molecule has 2 rings (SSSR count). The number of hydrogen-bond donors (Lipinski definition) is 0. The molecule has 0 saturated carbocycles. The van der Waals surface area contributed by atoms with Crippen molar-refractivity contribution in [2.75, 3.05) is 6.54 Å². The lowest BCUT2D eigenvalue weighted by Crippen LogP contribution is -2.43. The van der Waals surface area contributed by atoms with Gasteiger partial charge in [0.05, 0.1) is 6.07 Å². The summed E-state index contributed by atoms with van der Waals surface area (Å²) in [6.07, 6.45) is 6.24. The molecule has 0 amide bonds. The van der Waals surface area contributed by atoms with Crippen LogP contribution in [0.1, 0.15) is 46.0 Å². The van der Waals surface area contributed by atoms with Gasteiger partial charge in [-0.25, -0.2) is 0 Å². The molecule has 84 valence electrons. The van der Waals surface area contributed by atoms with Gasteiger partial charge in [0.15, 0.2) is 0 Å². The number of nitrogens with zero attached hydrogens (tertiary/aromatic N) is 2. The molecular formula is C13H22N2. The van der Waals surface area contributed by atoms with Gasteiger partial charge in [0.2, 0.25) is 0 Å². The summed E-state index contributed by atoms with van der Waals surface area (Å²) in [6.45, 7) is 5.85. The Hall–Kier alpha value is -0.550. The molecule has 2 fully saturated rings. The fourth-order valence-corrected chi connectivity index (χ4v) is 3.15. The smallest absolute Gasteiger partial charge is 0.0657 e. The fourth-order valence-electron chi connectivity index (χ4n) is 3.15. The maximum Gasteiger partial charge on any atom is 0.0657 e. The summed E-state index contributed by atoms with van der Waals surface area (Å²) in [5.41, 5.74) is 0. The Balaban J connectivity index is 1.90. The first-order valence-corrected chi connectivity index (χ1v) is 6.36. The van der Waals surface area contributed by atoms with Gasteiger partial charge < -0.3 is 0 Å². The summed E-state index contributed by atoms with van der Waals surface area (Å²) in [7, 11) is 0. The molecule has 2 atom stereocenters. The summed E-state index contributed by atoms with van der Waals surface area (Å²) < 4.78 is 0. The third-order valence-electron chi connectivity index (χ3n) is 4.03. The van der Waals surface area contributed by atoms with E-state index in [1.807, 2.05) is 0 Å². The van der Waals surface area contributed by atoms with E-state index in [1.165, 1.54) is 25.8 Å². The van der Waals surface area contributed by atoms with E-state index in [0.717, 1.165) is 30.8 Å². The van der Waals surface area contributed by atoms with Crippen molar-refractivity contribution in [3.63, 3.8) is 0 Å². The van der Waals surface area contributed by atoms with Crippen LogP contribution in [0.25, 0.3) is 0 Å². The van der Waals surface area contributed by atoms with Crippen molar-refractivity contribution in [2.24, 2.45) is 11.8 Å². The highest BCUT2D eigenvalue weighted by Crippen LogP contribution is 2.38. The standard InChI is InChI=1S/C13H22N2/c1-10(2)5-6-15-12-3-4-13(15)8-11(7-12)9-14/h10-13H,3-8H2,1-2H3. The maximum absolute atomic E-state index is 8.99. The number of nitriles is 1. The summed E-state index contributed by atoms with van der Waals surface area (Å²) >= 11 is 0. The first-order chi connectivity index (χ1) is 7.20. The Morgan fingerprint density at radius 3 is 2.33 bits per heavy atom. The fraction of sp³-hybridized carbons (Fsp3) is 0.923. The van der Waals surface area contributed by atoms with Crippen LogP contribution in [0.3, 0.4) is 0 Å². The summed E-state index contributed by atoms with van der Waals surface area (Å²) in [4.78, 5) is 2.69. The molecule has 2 heterocycles. The predicted octanol–water partition coefficient (Wildman–Crippen LogP) is 2.80. The van der Waals surface area contributed by atoms with Crippen LogP contribution in [0, 0.1) is 23.2 Å². The van der Waals surface area contributed by atoms with Crippen molar-refractivity contribution in [1.29, 1.82) is 5.26 Å². The van der Waals surface area contributed by atoms with E-state index in [-0.39, 0.29) is 0 Å². The Morgan fingerprint density at radius 2 is 1.87 bits per heavy atom. The number of rotatable bonds is 3. The largest absolute Gasteiger partial charge is 0.297 e. The topological polar surface area (TPSA) is 27.0 Å². The number of fused-ring (bicyclic) bond motifs is 2. The first kappa shape index (κ1) is 11.0. The van der Waals surface area contributed by atoms with Gasteiger partial charge in [0.1, 0.15) is 0 Å². The van der Waals surface area contributed by atoms with Gasteiger partial charge in [-0.15, -0.1) is 0 Å². The molecule has 0 spiro atoms. The van der Waals surface area contributed by atoms with Gasteiger partial charge in [-0.05, 0) is 44.6 Å². The van der Waals surface area contributed by atoms with E-state index in [9.17, 15) is 0 Å². The van der Waals surface area contributed by atoms with E-state index < -0.39 is 0 Å². The molecule has 15 heavy (non-hydrogen) atoms. The van der Waals surface area contributed by atoms with Crippen LogP contribution in [0.4, 0.5) is 0 Å². The second kappa shape index (κ2) is 4.53. The molecule has 0 aromatic carbocycles. The lowest BCUT2D eigenvalue weighted by Gasteiger charge is -2.37. The minimum Gasteiger partial charge on any atom is -0.297 e. The highest BCUT2D eigenvalue weighted by Gasteiger charge is 2.40. The van der Waals surface area contributed by atoms with Crippen LogP contribution in [0.2, 0.25) is 0 Å². The highest BCUT2D eigenvalue weighted by molar-refractivity contribution is 5.00. The zero-order valence-electron chi connectivity index (χ0n) is 9.95. The molecule has 0 aromatic rings. The van der Waals surface area contributed by atoms with E-state index in [4.69, 9.17) is 5.26 Å². The molecule has 2 aliphatic rings. The Kier molecular flexibility index (Phi) is 3.31. The molecule has 2 bridgehead atoms. The average Bonchev–Trinajstić information content (AvgIpc) is 2.46. The predicted molar refractivity (Wildman–Crippen MR) is 61.3 cm³/mol. The van der Waals surface area contributed by atoms with Crippen molar-refractivity contribution >= 4 is 0 Å². The van der Waals surface area contributed by atoms with Gasteiger partial charge in [0.25, 0.3) is 0 Å². The van der Waals surface area contributed by atoms with Gasteiger partial charge in [-0.1, -0.05) is 13.8 Å². The second-order valence-corrected chi connectivity index (χ2v) is 5.60. The van der Waals surface area contributed by atoms with E-state index in [0.29, 0.717) is 5.92 Å². The lowest BCUT2D eigenvalue weighted by atomic mass is 9.91. The molecule has 2 unspecified atom stereocenters. The van der Waals surface area contributed by atoms with Crippen LogP contribution >= 0.6 is 0 Å². The maximum atomic E-state index is 8.99. The molecule has 0 radical (unpaired) electrons. The third kappa shape index (κ3) is 2.34. The Morgan fingerprint density at radius 1 is 1.27 bits per heavy atom. The molecule has 0 aliphatic carbocycles. The molecule has 0 N–H and O–H groups in total.